The first-order chi connectivity index (χ1) is 24.2. The lowest BCUT2D eigenvalue weighted by Crippen LogP contribution is -2.36. The molecular formula is C44H35NO3S. The van der Waals surface area contributed by atoms with E-state index >= 15 is 0 Å². The topological polar surface area (TPSA) is 30.9 Å². The first-order valence-electron chi connectivity index (χ1n) is 16.8. The Morgan fingerprint density at radius 3 is 1.92 bits per heavy atom. The number of hydrogen-bond donors (Lipinski definition) is 0. The molecular weight excluding hydrogens is 623 g/mol. The zero-order valence-corrected chi connectivity index (χ0v) is 28.1. The molecule has 1 saturated heterocycles. The largest absolute Gasteiger partial charge is 0.497 e. The Kier molecular flexibility index (Phi) is 7.52. The van der Waals surface area contributed by atoms with Crippen molar-refractivity contribution in [2.45, 2.75) is 15.4 Å². The summed E-state index contributed by atoms with van der Waals surface area (Å²) < 4.78 is 18.8. The Morgan fingerprint density at radius 1 is 0.653 bits per heavy atom. The fourth-order valence-corrected chi connectivity index (χ4v) is 8.43. The second-order valence-electron chi connectivity index (χ2n) is 12.6. The van der Waals surface area contributed by atoms with E-state index in [0.717, 1.165) is 64.8 Å². The van der Waals surface area contributed by atoms with Crippen molar-refractivity contribution in [3.63, 3.8) is 0 Å². The number of nitrogens with zero attached hydrogens (tertiary/aromatic N) is 1. The van der Waals surface area contributed by atoms with Gasteiger partial charge in [0.05, 0.1) is 20.3 Å². The van der Waals surface area contributed by atoms with Crippen LogP contribution >= 0.6 is 11.8 Å². The van der Waals surface area contributed by atoms with Gasteiger partial charge in [-0.1, -0.05) is 103 Å². The fraction of sp³-hybridized carbons (Fsp3) is 0.136. The summed E-state index contributed by atoms with van der Waals surface area (Å²) in [6.45, 7) is 3.28. The summed E-state index contributed by atoms with van der Waals surface area (Å²) in [7, 11) is 1.70. The number of methoxy groups -OCH3 is 1. The van der Waals surface area contributed by atoms with Crippen molar-refractivity contribution in [2.75, 3.05) is 38.3 Å². The van der Waals surface area contributed by atoms with E-state index in [1.807, 2.05) is 12.1 Å². The first kappa shape index (κ1) is 29.9. The van der Waals surface area contributed by atoms with Crippen LogP contribution in [0.3, 0.4) is 0 Å². The number of ether oxygens (including phenoxy) is 3. The van der Waals surface area contributed by atoms with Crippen molar-refractivity contribution in [1.29, 1.82) is 0 Å². The van der Waals surface area contributed by atoms with E-state index in [9.17, 15) is 0 Å². The van der Waals surface area contributed by atoms with Crippen LogP contribution in [0.1, 0.15) is 16.7 Å². The van der Waals surface area contributed by atoms with Crippen LogP contribution in [0.15, 0.2) is 149 Å². The molecule has 1 unspecified atom stereocenters. The molecule has 0 radical (unpaired) electrons. The predicted molar refractivity (Wildman–Crippen MR) is 202 cm³/mol. The van der Waals surface area contributed by atoms with Gasteiger partial charge in [0, 0.05) is 50.6 Å². The number of benzene rings is 7. The molecule has 0 saturated carbocycles. The lowest BCUT2D eigenvalue weighted by Gasteiger charge is -2.38. The van der Waals surface area contributed by atoms with E-state index in [1.165, 1.54) is 37.5 Å². The molecule has 5 heteroatoms. The Hall–Kier alpha value is -5.23. The number of morpholine rings is 1. The Balaban J connectivity index is 1.31. The van der Waals surface area contributed by atoms with Crippen molar-refractivity contribution >= 4 is 55.8 Å². The molecule has 2 heterocycles. The SMILES string of the molecule is COc1ccc(C2(c3ccc(N4CCOCC4)cc3)C=Cc3c(Sc4ccccc4)cc4c5ccccc5c5ccccc5c4c3O2)cc1. The summed E-state index contributed by atoms with van der Waals surface area (Å²) in [5.74, 6) is 1.71. The second kappa shape index (κ2) is 12.3. The number of anilines is 1. The van der Waals surface area contributed by atoms with Gasteiger partial charge in [-0.3, -0.25) is 0 Å². The van der Waals surface area contributed by atoms with Crippen LogP contribution in [0, 0.1) is 0 Å². The maximum absolute atomic E-state index is 7.62. The van der Waals surface area contributed by atoms with E-state index in [4.69, 9.17) is 14.2 Å². The molecule has 0 bridgehead atoms. The van der Waals surface area contributed by atoms with Crippen LogP contribution in [-0.4, -0.2) is 33.4 Å². The van der Waals surface area contributed by atoms with Gasteiger partial charge in [0.15, 0.2) is 5.60 Å². The number of hydrogen-bond acceptors (Lipinski definition) is 5. The standard InChI is InChI=1S/C44H35NO3S/c1-46-33-21-17-31(18-22-33)44(30-15-19-32(20-16-30)45-25-27-47-28-26-45)24-23-39-41(49-34-9-3-2-4-10-34)29-40-37-13-6-5-11-35(37)36-12-7-8-14-38(36)42(40)43(39)48-44/h2-24,29H,25-28H2,1H3. The molecule has 4 nitrogen and oxygen atoms in total. The van der Waals surface area contributed by atoms with E-state index < -0.39 is 5.60 Å². The molecule has 2 aliphatic heterocycles. The third kappa shape index (κ3) is 5.13. The van der Waals surface area contributed by atoms with Gasteiger partial charge in [0.2, 0.25) is 0 Å². The van der Waals surface area contributed by atoms with Crippen molar-refractivity contribution < 1.29 is 14.2 Å². The molecule has 0 amide bonds. The Labute approximate surface area is 290 Å². The van der Waals surface area contributed by atoms with E-state index in [2.05, 4.69) is 138 Å². The quantitative estimate of drug-likeness (QED) is 0.166. The van der Waals surface area contributed by atoms with Gasteiger partial charge in [-0.25, -0.2) is 0 Å². The molecule has 2 aliphatic rings. The molecule has 49 heavy (non-hydrogen) atoms. The summed E-state index contributed by atoms with van der Waals surface area (Å²) in [5, 5.41) is 7.19. The van der Waals surface area contributed by atoms with E-state index in [1.54, 1.807) is 18.9 Å². The minimum absolute atomic E-state index is 0.749. The van der Waals surface area contributed by atoms with E-state index in [0.29, 0.717) is 0 Å². The minimum Gasteiger partial charge on any atom is -0.497 e. The summed E-state index contributed by atoms with van der Waals surface area (Å²) in [4.78, 5) is 4.74. The molecule has 0 N–H and O–H groups in total. The highest BCUT2D eigenvalue weighted by Crippen LogP contribution is 2.52. The van der Waals surface area contributed by atoms with Gasteiger partial charge in [-0.2, -0.15) is 0 Å². The highest BCUT2D eigenvalue weighted by atomic mass is 32.2. The van der Waals surface area contributed by atoms with Crippen LogP contribution in [0.5, 0.6) is 11.5 Å². The molecule has 7 aromatic carbocycles. The van der Waals surface area contributed by atoms with Crippen LogP contribution < -0.4 is 14.4 Å². The van der Waals surface area contributed by atoms with Crippen molar-refractivity contribution in [1.82, 2.24) is 0 Å². The van der Waals surface area contributed by atoms with Crippen molar-refractivity contribution in [3.05, 3.63) is 156 Å². The van der Waals surface area contributed by atoms with Crippen molar-refractivity contribution in [3.8, 4) is 11.5 Å². The normalized spacial score (nSPS) is 17.3. The summed E-state index contributed by atoms with van der Waals surface area (Å²) in [5.41, 5.74) is 3.51. The molecule has 0 aliphatic carbocycles. The average molecular weight is 658 g/mol. The summed E-state index contributed by atoms with van der Waals surface area (Å²) in [6, 6.07) is 47.6. The predicted octanol–water partition coefficient (Wildman–Crippen LogP) is 10.5. The van der Waals surface area contributed by atoms with Gasteiger partial charge in [0.25, 0.3) is 0 Å². The Morgan fingerprint density at radius 2 is 1.24 bits per heavy atom. The molecule has 9 rings (SSSR count). The molecule has 7 aromatic rings. The molecule has 1 fully saturated rings. The third-order valence-electron chi connectivity index (χ3n) is 9.90. The lowest BCUT2D eigenvalue weighted by molar-refractivity contribution is 0.122. The lowest BCUT2D eigenvalue weighted by atomic mass is 9.82. The van der Waals surface area contributed by atoms with Crippen LogP contribution in [0.2, 0.25) is 0 Å². The highest BCUT2D eigenvalue weighted by Gasteiger charge is 2.39. The fourth-order valence-electron chi connectivity index (χ4n) is 7.44. The minimum atomic E-state index is -0.876. The average Bonchev–Trinajstić information content (AvgIpc) is 3.18. The van der Waals surface area contributed by atoms with Gasteiger partial charge in [-0.05, 0) is 81.5 Å². The molecule has 240 valence electrons. The van der Waals surface area contributed by atoms with E-state index in [-0.39, 0.29) is 0 Å². The molecule has 1 atom stereocenters. The van der Waals surface area contributed by atoms with Crippen LogP contribution in [0.4, 0.5) is 5.69 Å². The number of fused-ring (bicyclic) bond motifs is 8. The third-order valence-corrected chi connectivity index (χ3v) is 11.0. The zero-order chi connectivity index (χ0) is 32.8. The van der Waals surface area contributed by atoms with Gasteiger partial charge < -0.3 is 19.1 Å². The molecule has 0 aromatic heterocycles. The summed E-state index contributed by atoms with van der Waals surface area (Å²) in [6.07, 6.45) is 4.53. The first-order valence-corrected chi connectivity index (χ1v) is 17.6. The monoisotopic (exact) mass is 657 g/mol. The number of rotatable bonds is 6. The summed E-state index contributed by atoms with van der Waals surface area (Å²) >= 11 is 1.78. The maximum Gasteiger partial charge on any atom is 0.178 e. The Bertz CT molecular complexity index is 2350. The van der Waals surface area contributed by atoms with Gasteiger partial charge >= 0.3 is 0 Å². The molecule has 0 spiro atoms. The van der Waals surface area contributed by atoms with Gasteiger partial charge in [-0.15, -0.1) is 0 Å². The van der Waals surface area contributed by atoms with Crippen molar-refractivity contribution in [2.24, 2.45) is 0 Å². The second-order valence-corrected chi connectivity index (χ2v) is 13.7. The maximum atomic E-state index is 7.62. The smallest absolute Gasteiger partial charge is 0.178 e. The van der Waals surface area contributed by atoms with Crippen LogP contribution in [0.25, 0.3) is 38.4 Å². The van der Waals surface area contributed by atoms with Gasteiger partial charge in [0.1, 0.15) is 11.5 Å². The highest BCUT2D eigenvalue weighted by molar-refractivity contribution is 7.99. The van der Waals surface area contributed by atoms with Crippen LogP contribution in [-0.2, 0) is 10.3 Å². The zero-order valence-electron chi connectivity index (χ0n) is 27.3.